The maximum absolute atomic E-state index is 13.9. The lowest BCUT2D eigenvalue weighted by Crippen LogP contribution is -1.97. The molecule has 0 unspecified atom stereocenters. The number of aliphatic carboxylic acids is 1. The summed E-state index contributed by atoms with van der Waals surface area (Å²) in [4.78, 5) is 10.9. The minimum absolute atomic E-state index is 0.0885. The summed E-state index contributed by atoms with van der Waals surface area (Å²) in [6.45, 7) is 2.97. The van der Waals surface area contributed by atoms with Gasteiger partial charge in [0.05, 0.1) is 11.1 Å². The lowest BCUT2D eigenvalue weighted by molar-refractivity contribution is -0.132. The van der Waals surface area contributed by atoms with Crippen LogP contribution in [-0.4, -0.2) is 11.1 Å². The van der Waals surface area contributed by atoms with Gasteiger partial charge in [-0.3, -0.25) is 0 Å². The number of carbonyl (C=O) groups is 1. The molecule has 0 radical (unpaired) electrons. The number of allylic oxidation sites excluding steroid dienone is 4. The van der Waals surface area contributed by atoms with Crippen LogP contribution in [0.1, 0.15) is 25.8 Å². The second-order valence-electron chi connectivity index (χ2n) is 4.28. The largest absolute Gasteiger partial charge is 0.478 e. The van der Waals surface area contributed by atoms with Crippen molar-refractivity contribution in [3.8, 4) is 0 Å². The van der Waals surface area contributed by atoms with Crippen molar-refractivity contribution in [3.05, 3.63) is 65.0 Å². The van der Waals surface area contributed by atoms with Crippen molar-refractivity contribution in [2.75, 3.05) is 0 Å². The number of carboxylic acids is 1. The third-order valence-electron chi connectivity index (χ3n) is 2.78. The van der Waals surface area contributed by atoms with Gasteiger partial charge in [-0.15, -0.1) is 0 Å². The van der Waals surface area contributed by atoms with Crippen molar-refractivity contribution in [1.29, 1.82) is 0 Å². The number of hydrogen-bond acceptors (Lipinski definition) is 1. The van der Waals surface area contributed by atoms with E-state index in [-0.39, 0.29) is 11.1 Å². The molecule has 0 atom stereocenters. The number of hydrogen-bond donors (Lipinski definition) is 1. The zero-order chi connectivity index (χ0) is 16.0. The molecule has 1 N–H and O–H groups in total. The zero-order valence-electron chi connectivity index (χ0n) is 11.7. The lowest BCUT2D eigenvalue weighted by Gasteiger charge is -2.05. The van der Waals surface area contributed by atoms with E-state index in [0.29, 0.717) is 6.42 Å². The highest BCUT2D eigenvalue weighted by Crippen LogP contribution is 2.25. The second-order valence-corrected chi connectivity index (χ2v) is 4.28. The highest BCUT2D eigenvalue weighted by molar-refractivity contribution is 5.90. The zero-order valence-corrected chi connectivity index (χ0v) is 11.7. The standard InChI is InChI=1S/C16H15F3O2/c1-3-5-11(16(20)21)8-9-12(17)10(2)15-13(18)6-4-7-14(15)19/h4-9H,3H2,1-2H3,(H,20,21). The Morgan fingerprint density at radius 3 is 2.29 bits per heavy atom. The molecule has 1 rings (SSSR count). The Labute approximate surface area is 120 Å². The molecule has 1 aromatic carbocycles. The van der Waals surface area contributed by atoms with Crippen molar-refractivity contribution in [3.63, 3.8) is 0 Å². The maximum atomic E-state index is 13.9. The number of carboxylic acid groups (broad SMARTS) is 1. The Morgan fingerprint density at radius 1 is 1.24 bits per heavy atom. The van der Waals surface area contributed by atoms with Gasteiger partial charge in [-0.05, 0) is 43.2 Å². The van der Waals surface area contributed by atoms with Gasteiger partial charge in [0, 0.05) is 0 Å². The molecule has 0 aliphatic rings. The molecule has 5 heteroatoms. The Morgan fingerprint density at radius 2 is 1.81 bits per heavy atom. The predicted octanol–water partition coefficient (Wildman–Crippen LogP) is 4.64. The summed E-state index contributed by atoms with van der Waals surface area (Å²) < 4.78 is 41.0. The third-order valence-corrected chi connectivity index (χ3v) is 2.78. The third kappa shape index (κ3) is 4.34. The molecule has 112 valence electrons. The molecular weight excluding hydrogens is 281 g/mol. The molecule has 0 fully saturated rings. The molecule has 0 spiro atoms. The molecule has 0 saturated heterocycles. The van der Waals surface area contributed by atoms with Crippen LogP contribution in [0.5, 0.6) is 0 Å². The summed E-state index contributed by atoms with van der Waals surface area (Å²) in [5.41, 5.74) is -0.784. The van der Waals surface area contributed by atoms with Gasteiger partial charge in [-0.25, -0.2) is 18.0 Å². The molecule has 1 aromatic rings. The van der Waals surface area contributed by atoms with Gasteiger partial charge in [0.1, 0.15) is 17.5 Å². The van der Waals surface area contributed by atoms with Gasteiger partial charge >= 0.3 is 5.97 Å². The van der Waals surface area contributed by atoms with E-state index in [1.807, 2.05) is 0 Å². The molecular formula is C16H15F3O2. The molecule has 2 nitrogen and oxygen atoms in total. The van der Waals surface area contributed by atoms with Gasteiger partial charge in [0.25, 0.3) is 0 Å². The highest BCUT2D eigenvalue weighted by Gasteiger charge is 2.13. The van der Waals surface area contributed by atoms with Crippen molar-refractivity contribution in [2.45, 2.75) is 20.3 Å². The van der Waals surface area contributed by atoms with Crippen LogP contribution in [0.15, 0.2) is 47.8 Å². The lowest BCUT2D eigenvalue weighted by atomic mass is 10.0. The predicted molar refractivity (Wildman–Crippen MR) is 75.2 cm³/mol. The van der Waals surface area contributed by atoms with Crippen LogP contribution in [0.3, 0.4) is 0 Å². The Kier molecular flexibility index (Phi) is 5.96. The van der Waals surface area contributed by atoms with E-state index in [2.05, 4.69) is 0 Å². The van der Waals surface area contributed by atoms with Gasteiger partial charge in [-0.2, -0.15) is 0 Å². The van der Waals surface area contributed by atoms with E-state index in [1.54, 1.807) is 6.92 Å². The molecule has 0 amide bonds. The fourth-order valence-corrected chi connectivity index (χ4v) is 1.71. The Bertz CT molecular complexity index is 608. The smallest absolute Gasteiger partial charge is 0.335 e. The van der Waals surface area contributed by atoms with Crippen LogP contribution in [0.2, 0.25) is 0 Å². The SMILES string of the molecule is CCC=C(C=CC(F)=C(C)c1c(F)cccc1F)C(=O)O. The monoisotopic (exact) mass is 296 g/mol. The van der Waals surface area contributed by atoms with Gasteiger partial charge in [-0.1, -0.05) is 19.1 Å². The van der Waals surface area contributed by atoms with Crippen molar-refractivity contribution < 1.29 is 23.1 Å². The first-order valence-corrected chi connectivity index (χ1v) is 6.30. The van der Waals surface area contributed by atoms with Crippen LogP contribution in [-0.2, 0) is 4.79 Å². The van der Waals surface area contributed by atoms with E-state index in [9.17, 15) is 18.0 Å². The summed E-state index contributed by atoms with van der Waals surface area (Å²) in [6, 6.07) is 3.23. The first-order valence-electron chi connectivity index (χ1n) is 6.30. The highest BCUT2D eigenvalue weighted by atomic mass is 19.1. The fraction of sp³-hybridized carbons (Fsp3) is 0.188. The van der Waals surface area contributed by atoms with Gasteiger partial charge < -0.3 is 5.11 Å². The van der Waals surface area contributed by atoms with E-state index >= 15 is 0 Å². The molecule has 0 bridgehead atoms. The fourth-order valence-electron chi connectivity index (χ4n) is 1.71. The average Bonchev–Trinajstić information content (AvgIpc) is 2.42. The van der Waals surface area contributed by atoms with Crippen molar-refractivity contribution in [1.82, 2.24) is 0 Å². The van der Waals surface area contributed by atoms with Crippen LogP contribution in [0, 0.1) is 11.6 Å². The van der Waals surface area contributed by atoms with E-state index < -0.39 is 29.0 Å². The first-order chi connectivity index (χ1) is 9.88. The minimum Gasteiger partial charge on any atom is -0.478 e. The van der Waals surface area contributed by atoms with E-state index in [1.165, 1.54) is 19.1 Å². The summed E-state index contributed by atoms with van der Waals surface area (Å²) in [7, 11) is 0. The molecule has 0 saturated carbocycles. The summed E-state index contributed by atoms with van der Waals surface area (Å²) in [5.74, 6) is -3.85. The van der Waals surface area contributed by atoms with Gasteiger partial charge in [0.2, 0.25) is 0 Å². The Balaban J connectivity index is 3.19. The number of rotatable bonds is 5. The summed E-state index contributed by atoms with van der Waals surface area (Å²) >= 11 is 0. The van der Waals surface area contributed by atoms with E-state index in [4.69, 9.17) is 5.11 Å². The van der Waals surface area contributed by atoms with E-state index in [0.717, 1.165) is 24.3 Å². The number of halogens is 3. The van der Waals surface area contributed by atoms with Crippen molar-refractivity contribution >= 4 is 11.5 Å². The van der Waals surface area contributed by atoms with Crippen LogP contribution < -0.4 is 0 Å². The normalized spacial score (nSPS) is 13.5. The first kappa shape index (κ1) is 16.8. The average molecular weight is 296 g/mol. The number of benzene rings is 1. The summed E-state index contributed by atoms with van der Waals surface area (Å²) in [5, 5.41) is 8.88. The van der Waals surface area contributed by atoms with Crippen LogP contribution in [0.4, 0.5) is 13.2 Å². The second kappa shape index (κ2) is 7.47. The maximum Gasteiger partial charge on any atom is 0.335 e. The topological polar surface area (TPSA) is 37.3 Å². The molecule has 0 aliphatic heterocycles. The Hall–Kier alpha value is -2.30. The molecule has 0 heterocycles. The molecule has 0 aromatic heterocycles. The minimum atomic E-state index is -1.20. The van der Waals surface area contributed by atoms with Crippen molar-refractivity contribution in [2.24, 2.45) is 0 Å². The molecule has 21 heavy (non-hydrogen) atoms. The summed E-state index contributed by atoms with van der Waals surface area (Å²) in [6.07, 6.45) is 3.82. The van der Waals surface area contributed by atoms with Crippen LogP contribution >= 0.6 is 0 Å². The van der Waals surface area contributed by atoms with Crippen LogP contribution in [0.25, 0.3) is 5.57 Å². The van der Waals surface area contributed by atoms with Gasteiger partial charge in [0.15, 0.2) is 0 Å². The molecule has 0 aliphatic carbocycles. The quantitative estimate of drug-likeness (QED) is 0.634.